The number of ether oxygens (including phenoxy) is 1. The third-order valence-electron chi connectivity index (χ3n) is 4.39. The Morgan fingerprint density at radius 2 is 2.40 bits per heavy atom. The Kier molecular flexibility index (Phi) is 2.03. The first kappa shape index (κ1) is 11.7. The highest BCUT2D eigenvalue weighted by atomic mass is 16.5. The van der Waals surface area contributed by atoms with Gasteiger partial charge in [0, 0.05) is 11.9 Å². The molecule has 104 valence electrons. The van der Waals surface area contributed by atoms with Crippen LogP contribution in [0.5, 0.6) is 0 Å². The quantitative estimate of drug-likeness (QED) is 0.644. The van der Waals surface area contributed by atoms with Gasteiger partial charge in [-0.25, -0.2) is 0 Å². The molecule has 1 spiro atoms. The lowest BCUT2D eigenvalue weighted by molar-refractivity contribution is -0.313. The maximum Gasteiger partial charge on any atom is 0.234 e. The predicted molar refractivity (Wildman–Crippen MR) is 62.3 cm³/mol. The molecule has 20 heavy (non-hydrogen) atoms. The molecule has 4 heterocycles. The molecule has 1 aromatic heterocycles. The fourth-order valence-corrected chi connectivity index (χ4v) is 3.52. The monoisotopic (exact) mass is 275 g/mol. The minimum atomic E-state index is -1.25. The molecule has 7 nitrogen and oxygen atoms in total. The third-order valence-corrected chi connectivity index (χ3v) is 4.39. The van der Waals surface area contributed by atoms with Gasteiger partial charge >= 0.3 is 0 Å². The Morgan fingerprint density at radius 1 is 1.60 bits per heavy atom. The number of carbonyl (C=O) groups excluding carboxylic acids is 2. The average molecular weight is 275 g/mol. The lowest BCUT2D eigenvalue weighted by Gasteiger charge is -2.24. The second kappa shape index (κ2) is 3.49. The van der Waals surface area contributed by atoms with E-state index in [1.54, 1.807) is 19.1 Å². The smallest absolute Gasteiger partial charge is 0.234 e. The van der Waals surface area contributed by atoms with Gasteiger partial charge in [0.05, 0.1) is 24.8 Å². The number of anilines is 1. The lowest BCUT2D eigenvalue weighted by Crippen LogP contribution is -2.45. The van der Waals surface area contributed by atoms with Crippen LogP contribution in [-0.2, 0) is 14.3 Å². The molecule has 1 amide bonds. The van der Waals surface area contributed by atoms with Crippen LogP contribution >= 0.6 is 0 Å². The van der Waals surface area contributed by atoms with Crippen LogP contribution < -0.4 is 10.0 Å². The van der Waals surface area contributed by atoms with Gasteiger partial charge in [-0.1, -0.05) is 17.3 Å². The Hall–Kier alpha value is -2.15. The highest BCUT2D eigenvalue weighted by Gasteiger charge is 2.65. The van der Waals surface area contributed by atoms with Crippen molar-refractivity contribution in [1.29, 1.82) is 0 Å². The average Bonchev–Trinajstić information content (AvgIpc) is 3.10. The van der Waals surface area contributed by atoms with Crippen molar-refractivity contribution >= 4 is 17.6 Å². The Balaban J connectivity index is 1.78. The van der Waals surface area contributed by atoms with E-state index in [9.17, 15) is 14.7 Å². The summed E-state index contributed by atoms with van der Waals surface area (Å²) in [5.74, 6) is -2.69. The van der Waals surface area contributed by atoms with Gasteiger partial charge in [0.1, 0.15) is 11.3 Å². The van der Waals surface area contributed by atoms with Crippen molar-refractivity contribution in [1.82, 2.24) is 5.16 Å². The van der Waals surface area contributed by atoms with E-state index in [-0.39, 0.29) is 12.5 Å². The van der Waals surface area contributed by atoms with E-state index in [2.05, 4.69) is 5.16 Å². The molecule has 4 atom stereocenters. The van der Waals surface area contributed by atoms with E-state index in [4.69, 9.17) is 9.26 Å². The van der Waals surface area contributed by atoms with E-state index in [1.165, 1.54) is 11.1 Å². The van der Waals surface area contributed by atoms with Crippen LogP contribution in [0.25, 0.3) is 0 Å². The zero-order valence-electron chi connectivity index (χ0n) is 10.6. The Morgan fingerprint density at radius 3 is 3.05 bits per heavy atom. The number of carboxylic acid groups (broad SMARTS) is 1. The largest absolute Gasteiger partial charge is 0.550 e. The lowest BCUT2D eigenvalue weighted by atomic mass is 9.77. The Labute approximate surface area is 113 Å². The second-order valence-electron chi connectivity index (χ2n) is 5.41. The molecule has 0 N–H and O–H groups in total. The maximum absolute atomic E-state index is 12.6. The molecular formula is C13H11N2O5-. The third kappa shape index (κ3) is 1.21. The summed E-state index contributed by atoms with van der Waals surface area (Å²) in [6.45, 7) is 1.97. The van der Waals surface area contributed by atoms with Crippen molar-refractivity contribution in [2.24, 2.45) is 11.8 Å². The Bertz CT molecular complexity index is 651. The van der Waals surface area contributed by atoms with Crippen molar-refractivity contribution in [3.8, 4) is 0 Å². The van der Waals surface area contributed by atoms with E-state index in [0.717, 1.165) is 0 Å². The second-order valence-corrected chi connectivity index (χ2v) is 5.41. The van der Waals surface area contributed by atoms with Crippen molar-refractivity contribution in [2.45, 2.75) is 18.6 Å². The minimum absolute atomic E-state index is 0.273. The van der Waals surface area contributed by atoms with Gasteiger partial charge in [0.25, 0.3) is 0 Å². The van der Waals surface area contributed by atoms with Gasteiger partial charge in [0.15, 0.2) is 5.76 Å². The normalized spacial score (nSPS) is 37.8. The molecule has 0 aromatic carbocycles. The molecule has 0 unspecified atom stereocenters. The minimum Gasteiger partial charge on any atom is -0.550 e. The number of carbonyl (C=O) groups is 2. The van der Waals surface area contributed by atoms with E-state index < -0.39 is 29.5 Å². The van der Waals surface area contributed by atoms with Crippen LogP contribution in [0, 0.1) is 18.8 Å². The van der Waals surface area contributed by atoms with Crippen LogP contribution in [0.3, 0.4) is 0 Å². The number of hydrogen-bond acceptors (Lipinski definition) is 6. The number of carboxylic acids is 1. The first-order valence-corrected chi connectivity index (χ1v) is 6.34. The van der Waals surface area contributed by atoms with Crippen molar-refractivity contribution in [2.75, 3.05) is 11.4 Å². The highest BCUT2D eigenvalue weighted by Crippen LogP contribution is 2.52. The van der Waals surface area contributed by atoms with Gasteiger partial charge in [-0.3, -0.25) is 4.79 Å². The van der Waals surface area contributed by atoms with Crippen molar-refractivity contribution in [3.63, 3.8) is 0 Å². The summed E-state index contributed by atoms with van der Waals surface area (Å²) in [6, 6.07) is 0. The predicted octanol–water partition coefficient (Wildman–Crippen LogP) is -0.981. The van der Waals surface area contributed by atoms with Gasteiger partial charge < -0.3 is 24.1 Å². The summed E-state index contributed by atoms with van der Waals surface area (Å²) in [5.41, 5.74) is -0.313. The summed E-state index contributed by atoms with van der Waals surface area (Å²) in [4.78, 5) is 25.4. The number of aliphatic carboxylic acids is 1. The molecule has 7 heteroatoms. The van der Waals surface area contributed by atoms with E-state index in [0.29, 0.717) is 11.4 Å². The van der Waals surface area contributed by atoms with E-state index >= 15 is 0 Å². The van der Waals surface area contributed by atoms with Crippen LogP contribution in [0.2, 0.25) is 0 Å². The molecular weight excluding hydrogens is 264 g/mol. The van der Waals surface area contributed by atoms with Gasteiger partial charge in [-0.15, -0.1) is 0 Å². The zero-order chi connectivity index (χ0) is 14.1. The molecule has 1 aromatic rings. The molecule has 2 saturated heterocycles. The topological polar surface area (TPSA) is 95.7 Å². The van der Waals surface area contributed by atoms with Crippen LogP contribution in [0.1, 0.15) is 5.76 Å². The molecule has 2 fully saturated rings. The van der Waals surface area contributed by atoms with Gasteiger partial charge in [-0.05, 0) is 6.92 Å². The fraction of sp³-hybridized carbons (Fsp3) is 0.462. The van der Waals surface area contributed by atoms with Gasteiger partial charge in [0.2, 0.25) is 5.91 Å². The van der Waals surface area contributed by atoms with Gasteiger partial charge in [-0.2, -0.15) is 0 Å². The van der Waals surface area contributed by atoms with Crippen molar-refractivity contribution in [3.05, 3.63) is 24.1 Å². The molecule has 2 bridgehead atoms. The number of hydrogen-bond donors (Lipinski definition) is 0. The number of fused-ring (bicyclic) bond motifs is 1. The zero-order valence-corrected chi connectivity index (χ0v) is 10.6. The molecule has 4 rings (SSSR count). The van der Waals surface area contributed by atoms with Crippen LogP contribution in [-0.4, -0.2) is 35.3 Å². The number of aromatic nitrogens is 1. The molecule has 0 radical (unpaired) electrons. The summed E-state index contributed by atoms with van der Waals surface area (Å²) >= 11 is 0. The molecule has 0 aliphatic carbocycles. The maximum atomic E-state index is 12.6. The molecule has 3 aliphatic rings. The first-order valence-electron chi connectivity index (χ1n) is 6.34. The number of nitrogens with zero attached hydrogens (tertiary/aromatic N) is 2. The summed E-state index contributed by atoms with van der Waals surface area (Å²) in [6.07, 6.45) is 4.38. The number of aryl methyl sites for hydroxylation is 1. The van der Waals surface area contributed by atoms with Crippen LogP contribution in [0.4, 0.5) is 5.69 Å². The standard InChI is InChI=1S/C13H12N2O5/c1-6-7(4-14-20-6)15-5-13-3-2-8(19-13)9(12(17)18)10(13)11(15)16/h2-4,8-10H,5H2,1H3,(H,17,18)/p-1/t8-,9-,10-,13+/m0/s1. The molecule has 3 aliphatic heterocycles. The summed E-state index contributed by atoms with van der Waals surface area (Å²) in [7, 11) is 0. The first-order chi connectivity index (χ1) is 9.53. The number of rotatable bonds is 2. The summed E-state index contributed by atoms with van der Waals surface area (Å²) in [5, 5.41) is 15.0. The number of amides is 1. The molecule has 0 saturated carbocycles. The SMILES string of the molecule is Cc1oncc1N1C[C@@]23C=C[C@H](O2)[C@H](C(=O)[O-])[C@H]3C1=O. The van der Waals surface area contributed by atoms with Crippen molar-refractivity contribution < 1.29 is 24.0 Å². The van der Waals surface area contributed by atoms with E-state index in [1.807, 2.05) is 0 Å². The van der Waals surface area contributed by atoms with Crippen LogP contribution in [0.15, 0.2) is 22.9 Å². The summed E-state index contributed by atoms with van der Waals surface area (Å²) < 4.78 is 10.7. The fourth-order valence-electron chi connectivity index (χ4n) is 3.52. The highest BCUT2D eigenvalue weighted by molar-refractivity contribution is 6.02.